The van der Waals surface area contributed by atoms with Crippen molar-refractivity contribution in [2.45, 2.75) is 13.5 Å². The predicted octanol–water partition coefficient (Wildman–Crippen LogP) is 2.79. The lowest BCUT2D eigenvalue weighted by atomic mass is 10.2. The van der Waals surface area contributed by atoms with Gasteiger partial charge in [0.15, 0.2) is 5.82 Å². The second-order valence-corrected chi connectivity index (χ2v) is 4.38. The van der Waals surface area contributed by atoms with Gasteiger partial charge in [-0.2, -0.15) is 0 Å². The van der Waals surface area contributed by atoms with Crippen LogP contribution in [0.5, 0.6) is 11.6 Å². The third kappa shape index (κ3) is 4.72. The van der Waals surface area contributed by atoms with E-state index in [1.54, 1.807) is 12.3 Å². The zero-order valence-corrected chi connectivity index (χ0v) is 12.0. The maximum absolute atomic E-state index is 14.1. The van der Waals surface area contributed by atoms with E-state index in [0.717, 1.165) is 12.3 Å². The smallest absolute Gasteiger partial charge is 0.250 e. The highest BCUT2D eigenvalue weighted by atomic mass is 19.1. The van der Waals surface area contributed by atoms with E-state index in [2.05, 4.69) is 10.3 Å². The van der Waals surface area contributed by atoms with Gasteiger partial charge in [0.25, 0.3) is 5.88 Å². The van der Waals surface area contributed by atoms with Gasteiger partial charge in [0.2, 0.25) is 0 Å². The van der Waals surface area contributed by atoms with Crippen molar-refractivity contribution in [1.82, 2.24) is 10.3 Å². The second-order valence-electron chi connectivity index (χ2n) is 4.38. The summed E-state index contributed by atoms with van der Waals surface area (Å²) in [5.74, 6) is 0.357. The summed E-state index contributed by atoms with van der Waals surface area (Å²) in [6, 6.07) is 11.1. The minimum Gasteiger partial charge on any atom is -0.490 e. The summed E-state index contributed by atoms with van der Waals surface area (Å²) in [7, 11) is 0. The van der Waals surface area contributed by atoms with E-state index in [9.17, 15) is 4.39 Å². The number of aromatic nitrogens is 1. The zero-order valence-electron chi connectivity index (χ0n) is 12.0. The molecule has 1 heterocycles. The number of para-hydroxylation sites is 1. The van der Waals surface area contributed by atoms with E-state index in [4.69, 9.17) is 9.47 Å². The van der Waals surface area contributed by atoms with Crippen molar-refractivity contribution in [2.75, 3.05) is 19.8 Å². The Morgan fingerprint density at radius 3 is 2.62 bits per heavy atom. The molecule has 1 aromatic carbocycles. The fraction of sp³-hybridized carbons (Fsp3) is 0.312. The molecule has 0 spiro atoms. The molecule has 0 unspecified atom stereocenters. The van der Waals surface area contributed by atoms with Crippen molar-refractivity contribution in [3.63, 3.8) is 0 Å². The Balaban J connectivity index is 1.83. The number of rotatable bonds is 8. The molecule has 0 atom stereocenters. The van der Waals surface area contributed by atoms with Crippen molar-refractivity contribution in [1.29, 1.82) is 0 Å². The number of hydrogen-bond acceptors (Lipinski definition) is 4. The molecule has 0 aliphatic rings. The lowest BCUT2D eigenvalue weighted by Gasteiger charge is -2.10. The zero-order chi connectivity index (χ0) is 14.9. The van der Waals surface area contributed by atoms with E-state index in [-0.39, 0.29) is 12.5 Å². The minimum absolute atomic E-state index is 0.0158. The van der Waals surface area contributed by atoms with Crippen LogP contribution in [0, 0.1) is 5.82 Å². The molecule has 0 aliphatic heterocycles. The number of nitrogens with zero attached hydrogens (tertiary/aromatic N) is 1. The average Bonchev–Trinajstić information content (AvgIpc) is 2.53. The number of ether oxygens (including phenoxy) is 2. The van der Waals surface area contributed by atoms with E-state index in [1.807, 2.05) is 37.3 Å². The summed E-state index contributed by atoms with van der Waals surface area (Å²) >= 11 is 0. The Morgan fingerprint density at radius 1 is 1.10 bits per heavy atom. The maximum atomic E-state index is 14.1. The first kappa shape index (κ1) is 15.3. The first-order valence-electron chi connectivity index (χ1n) is 6.96. The van der Waals surface area contributed by atoms with Crippen LogP contribution in [0.1, 0.15) is 12.5 Å². The van der Waals surface area contributed by atoms with Crippen LogP contribution < -0.4 is 14.8 Å². The molecular weight excluding hydrogens is 271 g/mol. The van der Waals surface area contributed by atoms with Gasteiger partial charge in [-0.3, -0.25) is 0 Å². The SMILES string of the molecule is CCNCc1ccnc(OCCOc2ccccc2)c1F. The molecule has 2 rings (SSSR count). The molecule has 5 heteroatoms. The molecule has 1 N–H and O–H groups in total. The van der Waals surface area contributed by atoms with E-state index < -0.39 is 5.82 Å². The maximum Gasteiger partial charge on any atom is 0.250 e. The van der Waals surface area contributed by atoms with Gasteiger partial charge in [-0.15, -0.1) is 0 Å². The molecule has 0 aliphatic carbocycles. The van der Waals surface area contributed by atoms with Crippen LogP contribution in [0.15, 0.2) is 42.6 Å². The van der Waals surface area contributed by atoms with Crippen molar-refractivity contribution in [3.8, 4) is 11.6 Å². The fourth-order valence-corrected chi connectivity index (χ4v) is 1.77. The summed E-state index contributed by atoms with van der Waals surface area (Å²) in [5, 5.41) is 3.07. The van der Waals surface area contributed by atoms with Crippen LogP contribution >= 0.6 is 0 Å². The van der Waals surface area contributed by atoms with Crippen LogP contribution in [-0.2, 0) is 6.54 Å². The van der Waals surface area contributed by atoms with Gasteiger partial charge in [-0.05, 0) is 24.7 Å². The van der Waals surface area contributed by atoms with Gasteiger partial charge >= 0.3 is 0 Å². The highest BCUT2D eigenvalue weighted by molar-refractivity contribution is 5.23. The number of nitrogens with one attached hydrogen (secondary N) is 1. The highest BCUT2D eigenvalue weighted by Gasteiger charge is 2.10. The summed E-state index contributed by atoms with van der Waals surface area (Å²) in [6.07, 6.45) is 1.54. The predicted molar refractivity (Wildman–Crippen MR) is 79.0 cm³/mol. The van der Waals surface area contributed by atoms with Crippen molar-refractivity contribution in [2.24, 2.45) is 0 Å². The van der Waals surface area contributed by atoms with Crippen LogP contribution in [0.2, 0.25) is 0 Å². The fourth-order valence-electron chi connectivity index (χ4n) is 1.77. The Hall–Kier alpha value is -2.14. The number of halogens is 1. The lowest BCUT2D eigenvalue weighted by molar-refractivity contribution is 0.205. The minimum atomic E-state index is -0.418. The lowest BCUT2D eigenvalue weighted by Crippen LogP contribution is -2.15. The number of hydrogen-bond donors (Lipinski definition) is 1. The van der Waals surface area contributed by atoms with Gasteiger partial charge in [0, 0.05) is 18.3 Å². The topological polar surface area (TPSA) is 43.4 Å². The molecule has 2 aromatic rings. The first-order valence-corrected chi connectivity index (χ1v) is 6.96. The van der Waals surface area contributed by atoms with Crippen LogP contribution in [0.4, 0.5) is 4.39 Å². The largest absolute Gasteiger partial charge is 0.490 e. The summed E-state index contributed by atoms with van der Waals surface area (Å²) < 4.78 is 24.9. The molecule has 4 nitrogen and oxygen atoms in total. The monoisotopic (exact) mass is 290 g/mol. The highest BCUT2D eigenvalue weighted by Crippen LogP contribution is 2.17. The van der Waals surface area contributed by atoms with Gasteiger partial charge < -0.3 is 14.8 Å². The van der Waals surface area contributed by atoms with E-state index >= 15 is 0 Å². The third-order valence-corrected chi connectivity index (χ3v) is 2.84. The molecule has 112 valence electrons. The quantitative estimate of drug-likeness (QED) is 0.759. The summed E-state index contributed by atoms with van der Waals surface area (Å²) in [6.45, 7) is 3.79. The number of benzene rings is 1. The summed E-state index contributed by atoms with van der Waals surface area (Å²) in [5.41, 5.74) is 0.547. The van der Waals surface area contributed by atoms with Crippen LogP contribution in [-0.4, -0.2) is 24.7 Å². The Labute approximate surface area is 123 Å². The first-order chi connectivity index (χ1) is 10.3. The Bertz CT molecular complexity index is 549. The Morgan fingerprint density at radius 2 is 1.86 bits per heavy atom. The van der Waals surface area contributed by atoms with Crippen LogP contribution in [0.3, 0.4) is 0 Å². The van der Waals surface area contributed by atoms with Gasteiger partial charge in [0.1, 0.15) is 19.0 Å². The van der Waals surface area contributed by atoms with Gasteiger partial charge in [-0.25, -0.2) is 9.37 Å². The molecule has 0 bridgehead atoms. The molecule has 21 heavy (non-hydrogen) atoms. The molecule has 0 saturated carbocycles. The standard InChI is InChI=1S/C16H19FN2O2/c1-2-18-12-13-8-9-19-16(15(13)17)21-11-10-20-14-6-4-3-5-7-14/h3-9,18H,2,10-12H2,1H3. The average molecular weight is 290 g/mol. The van der Waals surface area contributed by atoms with E-state index in [0.29, 0.717) is 18.7 Å². The normalized spacial score (nSPS) is 10.4. The molecule has 0 saturated heterocycles. The Kier molecular flexibility index (Phi) is 5.97. The third-order valence-electron chi connectivity index (χ3n) is 2.84. The van der Waals surface area contributed by atoms with Gasteiger partial charge in [0.05, 0.1) is 0 Å². The molecule has 0 radical (unpaired) electrons. The van der Waals surface area contributed by atoms with Crippen LogP contribution in [0.25, 0.3) is 0 Å². The molecule has 0 fully saturated rings. The second kappa shape index (κ2) is 8.21. The van der Waals surface area contributed by atoms with E-state index in [1.165, 1.54) is 0 Å². The molecule has 0 amide bonds. The van der Waals surface area contributed by atoms with Gasteiger partial charge in [-0.1, -0.05) is 25.1 Å². The molecule has 1 aromatic heterocycles. The van der Waals surface area contributed by atoms with Crippen molar-refractivity contribution < 1.29 is 13.9 Å². The van der Waals surface area contributed by atoms with Crippen molar-refractivity contribution >= 4 is 0 Å². The molecular formula is C16H19FN2O2. The number of pyridine rings is 1. The summed E-state index contributed by atoms with van der Waals surface area (Å²) in [4.78, 5) is 3.91. The van der Waals surface area contributed by atoms with Crippen molar-refractivity contribution in [3.05, 3.63) is 54.0 Å².